The number of benzene rings is 3. The molecular weight excluding hydrogens is 372 g/mol. The molecule has 0 aliphatic rings. The number of carbonyl (C=O) groups excluding carboxylic acids is 1. The number of aromatic nitrogens is 3. The van der Waals surface area contributed by atoms with Crippen molar-refractivity contribution in [3.05, 3.63) is 94.5 Å². The van der Waals surface area contributed by atoms with Gasteiger partial charge in [0.15, 0.2) is 0 Å². The van der Waals surface area contributed by atoms with Crippen LogP contribution in [0.15, 0.2) is 72.8 Å². The largest absolute Gasteiger partial charge is 0.346 e. The Morgan fingerprint density at radius 1 is 1.07 bits per heavy atom. The van der Waals surface area contributed by atoms with Crippen molar-refractivity contribution in [3.63, 3.8) is 0 Å². The van der Waals surface area contributed by atoms with Crippen LogP contribution in [-0.4, -0.2) is 20.9 Å². The number of carbonyl (C=O) groups is 1. The summed E-state index contributed by atoms with van der Waals surface area (Å²) < 4.78 is 1.85. The van der Waals surface area contributed by atoms with Crippen molar-refractivity contribution in [1.29, 1.82) is 0 Å². The standard InChI is InChI=1S/C22H19ClN4O/c1-15(18-5-4-6-19(23)13-18)24-22(28)17-11-9-16(10-12-17)14-27-21-8-3-2-7-20(21)25-26-27/h2-13,15H,14H2,1H3,(H,24,28)/t15-/m0/s1. The summed E-state index contributed by atoms with van der Waals surface area (Å²) in [6, 6.07) is 22.7. The highest BCUT2D eigenvalue weighted by Crippen LogP contribution is 2.18. The van der Waals surface area contributed by atoms with Gasteiger partial charge in [0.25, 0.3) is 5.91 Å². The van der Waals surface area contributed by atoms with Crippen molar-refractivity contribution in [2.75, 3.05) is 0 Å². The van der Waals surface area contributed by atoms with E-state index in [0.717, 1.165) is 22.2 Å². The molecule has 1 aromatic heterocycles. The van der Waals surface area contributed by atoms with Crippen LogP contribution >= 0.6 is 11.6 Å². The number of rotatable bonds is 5. The average molecular weight is 391 g/mol. The number of amides is 1. The van der Waals surface area contributed by atoms with Crippen molar-refractivity contribution >= 4 is 28.5 Å². The minimum Gasteiger partial charge on any atom is -0.346 e. The SMILES string of the molecule is C[C@H](NC(=O)c1ccc(Cn2nnc3ccccc32)cc1)c1cccc(Cl)c1. The lowest BCUT2D eigenvalue weighted by Crippen LogP contribution is -2.26. The lowest BCUT2D eigenvalue weighted by Gasteiger charge is -2.15. The zero-order chi connectivity index (χ0) is 19.5. The summed E-state index contributed by atoms with van der Waals surface area (Å²) in [7, 11) is 0. The summed E-state index contributed by atoms with van der Waals surface area (Å²) in [5, 5.41) is 12.0. The van der Waals surface area contributed by atoms with E-state index in [2.05, 4.69) is 15.6 Å². The fourth-order valence-electron chi connectivity index (χ4n) is 3.11. The number of halogens is 1. The molecule has 0 unspecified atom stereocenters. The number of hydrogen-bond donors (Lipinski definition) is 1. The van der Waals surface area contributed by atoms with Crippen LogP contribution in [0.5, 0.6) is 0 Å². The van der Waals surface area contributed by atoms with Gasteiger partial charge in [-0.15, -0.1) is 5.10 Å². The van der Waals surface area contributed by atoms with Gasteiger partial charge in [0, 0.05) is 10.6 Å². The van der Waals surface area contributed by atoms with Crippen LogP contribution < -0.4 is 5.32 Å². The van der Waals surface area contributed by atoms with E-state index in [0.29, 0.717) is 17.1 Å². The first-order chi connectivity index (χ1) is 13.6. The molecule has 4 aromatic rings. The minimum atomic E-state index is -0.132. The van der Waals surface area contributed by atoms with Crippen LogP contribution in [0.25, 0.3) is 11.0 Å². The quantitative estimate of drug-likeness (QED) is 0.540. The Morgan fingerprint density at radius 2 is 1.86 bits per heavy atom. The molecule has 0 bridgehead atoms. The lowest BCUT2D eigenvalue weighted by atomic mass is 10.1. The summed E-state index contributed by atoms with van der Waals surface area (Å²) in [5.41, 5.74) is 4.49. The molecule has 1 N–H and O–H groups in total. The molecule has 5 nitrogen and oxygen atoms in total. The number of nitrogens with one attached hydrogen (secondary N) is 1. The second kappa shape index (κ2) is 7.82. The third kappa shape index (κ3) is 3.89. The van der Waals surface area contributed by atoms with Gasteiger partial charge in [0.1, 0.15) is 5.52 Å². The fourth-order valence-corrected chi connectivity index (χ4v) is 3.31. The van der Waals surface area contributed by atoms with Gasteiger partial charge in [0.05, 0.1) is 18.1 Å². The number of nitrogens with zero attached hydrogens (tertiary/aromatic N) is 3. The van der Waals surface area contributed by atoms with E-state index >= 15 is 0 Å². The monoisotopic (exact) mass is 390 g/mol. The molecule has 0 aliphatic carbocycles. The van der Waals surface area contributed by atoms with Crippen LogP contribution in [-0.2, 0) is 6.54 Å². The van der Waals surface area contributed by atoms with Crippen LogP contribution in [0.2, 0.25) is 5.02 Å². The Balaban J connectivity index is 1.44. The first-order valence-corrected chi connectivity index (χ1v) is 9.41. The molecule has 0 spiro atoms. The van der Waals surface area contributed by atoms with Gasteiger partial charge in [-0.2, -0.15) is 0 Å². The van der Waals surface area contributed by atoms with Gasteiger partial charge >= 0.3 is 0 Å². The lowest BCUT2D eigenvalue weighted by molar-refractivity contribution is 0.0940. The molecule has 6 heteroatoms. The second-order valence-electron chi connectivity index (χ2n) is 6.68. The number of fused-ring (bicyclic) bond motifs is 1. The third-order valence-electron chi connectivity index (χ3n) is 4.66. The van der Waals surface area contributed by atoms with Crippen molar-refractivity contribution in [1.82, 2.24) is 20.3 Å². The molecule has 1 heterocycles. The predicted octanol–water partition coefficient (Wildman–Crippen LogP) is 4.62. The van der Waals surface area contributed by atoms with E-state index in [1.54, 1.807) is 0 Å². The summed E-state index contributed by atoms with van der Waals surface area (Å²) in [6.45, 7) is 2.54. The summed E-state index contributed by atoms with van der Waals surface area (Å²) in [5.74, 6) is -0.120. The molecule has 0 radical (unpaired) electrons. The van der Waals surface area contributed by atoms with Crippen LogP contribution in [0, 0.1) is 0 Å². The smallest absolute Gasteiger partial charge is 0.251 e. The van der Waals surface area contributed by atoms with E-state index in [9.17, 15) is 4.79 Å². The Labute approximate surface area is 167 Å². The highest BCUT2D eigenvalue weighted by Gasteiger charge is 2.12. The summed E-state index contributed by atoms with van der Waals surface area (Å²) >= 11 is 6.03. The van der Waals surface area contributed by atoms with Gasteiger partial charge in [-0.1, -0.05) is 53.2 Å². The zero-order valence-electron chi connectivity index (χ0n) is 15.3. The maximum atomic E-state index is 12.5. The first-order valence-electron chi connectivity index (χ1n) is 9.03. The zero-order valence-corrected chi connectivity index (χ0v) is 16.1. The maximum absolute atomic E-state index is 12.5. The van der Waals surface area contributed by atoms with Crippen LogP contribution in [0.3, 0.4) is 0 Å². The first kappa shape index (κ1) is 18.2. The van der Waals surface area contributed by atoms with Gasteiger partial charge < -0.3 is 5.32 Å². The Bertz CT molecular complexity index is 1120. The fraction of sp³-hybridized carbons (Fsp3) is 0.136. The number of hydrogen-bond acceptors (Lipinski definition) is 3. The minimum absolute atomic E-state index is 0.120. The Kier molecular flexibility index (Phi) is 5.08. The third-order valence-corrected chi connectivity index (χ3v) is 4.90. The highest BCUT2D eigenvalue weighted by atomic mass is 35.5. The molecular formula is C22H19ClN4O. The van der Waals surface area contributed by atoms with Crippen molar-refractivity contribution < 1.29 is 4.79 Å². The van der Waals surface area contributed by atoms with E-state index in [-0.39, 0.29) is 11.9 Å². The number of para-hydroxylation sites is 1. The molecule has 140 valence electrons. The molecule has 4 rings (SSSR count). The highest BCUT2D eigenvalue weighted by molar-refractivity contribution is 6.30. The molecule has 0 aliphatic heterocycles. The summed E-state index contributed by atoms with van der Waals surface area (Å²) in [6.07, 6.45) is 0. The molecule has 1 amide bonds. The molecule has 0 saturated heterocycles. The Morgan fingerprint density at radius 3 is 2.64 bits per heavy atom. The predicted molar refractivity (Wildman–Crippen MR) is 110 cm³/mol. The van der Waals surface area contributed by atoms with E-state index < -0.39 is 0 Å². The average Bonchev–Trinajstić information content (AvgIpc) is 3.11. The molecule has 0 fully saturated rings. The second-order valence-corrected chi connectivity index (χ2v) is 7.12. The molecule has 0 saturated carbocycles. The molecule has 3 aromatic carbocycles. The van der Waals surface area contributed by atoms with Crippen LogP contribution in [0.4, 0.5) is 0 Å². The van der Waals surface area contributed by atoms with E-state index in [4.69, 9.17) is 11.6 Å². The van der Waals surface area contributed by atoms with Crippen molar-refractivity contribution in [2.45, 2.75) is 19.5 Å². The normalized spacial score (nSPS) is 12.1. The maximum Gasteiger partial charge on any atom is 0.251 e. The van der Waals surface area contributed by atoms with E-state index in [1.807, 2.05) is 84.4 Å². The molecule has 1 atom stereocenters. The van der Waals surface area contributed by atoms with Crippen molar-refractivity contribution in [2.24, 2.45) is 0 Å². The van der Waals surface area contributed by atoms with E-state index in [1.165, 1.54) is 0 Å². The van der Waals surface area contributed by atoms with Gasteiger partial charge in [-0.25, -0.2) is 4.68 Å². The molecule has 28 heavy (non-hydrogen) atoms. The van der Waals surface area contributed by atoms with Crippen molar-refractivity contribution in [3.8, 4) is 0 Å². The van der Waals surface area contributed by atoms with Gasteiger partial charge in [-0.3, -0.25) is 4.79 Å². The summed E-state index contributed by atoms with van der Waals surface area (Å²) in [4.78, 5) is 12.5. The van der Waals surface area contributed by atoms with Crippen LogP contribution in [0.1, 0.15) is 34.5 Å². The van der Waals surface area contributed by atoms with Gasteiger partial charge in [-0.05, 0) is 54.4 Å². The van der Waals surface area contributed by atoms with Gasteiger partial charge in [0.2, 0.25) is 0 Å². The topological polar surface area (TPSA) is 59.8 Å². The Hall–Kier alpha value is -3.18.